The zero-order valence-electron chi connectivity index (χ0n) is 13.9. The van der Waals surface area contributed by atoms with Crippen molar-refractivity contribution in [3.63, 3.8) is 0 Å². The smallest absolute Gasteiger partial charge is 0.156 e. The molecule has 3 rings (SSSR count). The molecule has 0 amide bonds. The minimum Gasteiger partial charge on any atom is -0.380 e. The first-order valence-electron chi connectivity index (χ1n) is 8.14. The summed E-state index contributed by atoms with van der Waals surface area (Å²) in [6, 6.07) is 13.2. The van der Waals surface area contributed by atoms with E-state index in [1.54, 1.807) is 0 Å². The Morgan fingerprint density at radius 1 is 1.23 bits per heavy atom. The van der Waals surface area contributed by atoms with Crippen molar-refractivity contribution >= 4 is 17.2 Å². The molecule has 1 aliphatic rings. The summed E-state index contributed by atoms with van der Waals surface area (Å²) in [4.78, 5) is 7.04. The number of hydrogen-bond acceptors (Lipinski definition) is 3. The van der Waals surface area contributed by atoms with Gasteiger partial charge in [-0.15, -0.1) is 0 Å². The van der Waals surface area contributed by atoms with Crippen LogP contribution in [0.2, 0.25) is 0 Å². The summed E-state index contributed by atoms with van der Waals surface area (Å²) in [6.07, 6.45) is 3.01. The zero-order chi connectivity index (χ0) is 15.7. The molecule has 1 N–H and O–H groups in total. The van der Waals surface area contributed by atoms with Gasteiger partial charge in [0.2, 0.25) is 0 Å². The molecule has 22 heavy (non-hydrogen) atoms. The van der Waals surface area contributed by atoms with Gasteiger partial charge in [0, 0.05) is 29.9 Å². The molecule has 0 spiro atoms. The van der Waals surface area contributed by atoms with Gasteiger partial charge in [0.1, 0.15) is 0 Å². The van der Waals surface area contributed by atoms with Crippen LogP contribution in [-0.2, 0) is 5.41 Å². The van der Waals surface area contributed by atoms with Gasteiger partial charge in [-0.05, 0) is 44.0 Å². The van der Waals surface area contributed by atoms with Crippen LogP contribution >= 0.6 is 0 Å². The number of aromatic nitrogens is 1. The van der Waals surface area contributed by atoms with Crippen LogP contribution in [0.25, 0.3) is 0 Å². The van der Waals surface area contributed by atoms with Crippen LogP contribution in [0.5, 0.6) is 0 Å². The highest BCUT2D eigenvalue weighted by atomic mass is 15.2. The normalized spacial score (nSPS) is 20.3. The Bertz CT molecular complexity index is 665. The van der Waals surface area contributed by atoms with Crippen molar-refractivity contribution in [1.82, 2.24) is 4.98 Å². The number of benzene rings is 1. The summed E-state index contributed by atoms with van der Waals surface area (Å²) in [7, 11) is 0. The van der Waals surface area contributed by atoms with Crippen LogP contribution in [0.3, 0.4) is 0 Å². The van der Waals surface area contributed by atoms with E-state index in [1.807, 2.05) is 12.3 Å². The van der Waals surface area contributed by atoms with E-state index < -0.39 is 0 Å². The largest absolute Gasteiger partial charge is 0.380 e. The summed E-state index contributed by atoms with van der Waals surface area (Å²) < 4.78 is 0. The van der Waals surface area contributed by atoms with E-state index >= 15 is 0 Å². The summed E-state index contributed by atoms with van der Waals surface area (Å²) >= 11 is 0. The van der Waals surface area contributed by atoms with Crippen LogP contribution in [0.15, 0.2) is 42.6 Å². The lowest BCUT2D eigenvalue weighted by Gasteiger charge is -2.26. The minimum atomic E-state index is 0.184. The van der Waals surface area contributed by atoms with E-state index in [-0.39, 0.29) is 5.41 Å². The Morgan fingerprint density at radius 2 is 2.00 bits per heavy atom. The van der Waals surface area contributed by atoms with Crippen LogP contribution in [0.4, 0.5) is 17.2 Å². The van der Waals surface area contributed by atoms with Crippen molar-refractivity contribution in [2.24, 2.45) is 0 Å². The van der Waals surface area contributed by atoms with E-state index in [2.05, 4.69) is 73.2 Å². The van der Waals surface area contributed by atoms with Crippen LogP contribution in [-0.4, -0.2) is 17.6 Å². The van der Waals surface area contributed by atoms with Crippen molar-refractivity contribution in [3.05, 3.63) is 48.2 Å². The van der Waals surface area contributed by atoms with E-state index in [1.165, 1.54) is 11.3 Å². The minimum absolute atomic E-state index is 0.184. The molecule has 0 saturated carbocycles. The molecule has 116 valence electrons. The standard InChI is InChI=1S/C19H25N3/c1-5-19(4)13-22(17-11-7-6-9-15(17)19)18-16(21-14(2)3)10-8-12-20-18/h6-12,14,21H,5,13H2,1-4H3. The Morgan fingerprint density at radius 3 is 2.73 bits per heavy atom. The Kier molecular flexibility index (Phi) is 3.81. The van der Waals surface area contributed by atoms with Gasteiger partial charge >= 0.3 is 0 Å². The van der Waals surface area contributed by atoms with Crippen LogP contribution in [0.1, 0.15) is 39.7 Å². The molecule has 1 aromatic carbocycles. The van der Waals surface area contributed by atoms with Gasteiger partial charge in [-0.1, -0.05) is 32.0 Å². The summed E-state index contributed by atoms with van der Waals surface area (Å²) in [5, 5.41) is 3.52. The number of rotatable bonds is 4. The summed E-state index contributed by atoms with van der Waals surface area (Å²) in [5.74, 6) is 1.03. The summed E-state index contributed by atoms with van der Waals surface area (Å²) in [6.45, 7) is 9.92. The van der Waals surface area contributed by atoms with Crippen molar-refractivity contribution in [3.8, 4) is 0 Å². The maximum atomic E-state index is 4.68. The number of anilines is 3. The zero-order valence-corrected chi connectivity index (χ0v) is 13.9. The number of hydrogen-bond donors (Lipinski definition) is 1. The average molecular weight is 295 g/mol. The molecule has 1 atom stereocenters. The van der Waals surface area contributed by atoms with Gasteiger partial charge in [0.25, 0.3) is 0 Å². The lowest BCUT2D eigenvalue weighted by Crippen LogP contribution is -2.28. The second-order valence-corrected chi connectivity index (χ2v) is 6.69. The summed E-state index contributed by atoms with van der Waals surface area (Å²) in [5.41, 5.74) is 4.01. The van der Waals surface area contributed by atoms with Gasteiger partial charge in [-0.2, -0.15) is 0 Å². The highest BCUT2D eigenvalue weighted by Crippen LogP contribution is 2.46. The predicted octanol–water partition coefficient (Wildman–Crippen LogP) is 4.72. The third kappa shape index (κ3) is 2.45. The first kappa shape index (κ1) is 14.9. The molecular weight excluding hydrogens is 270 g/mol. The Labute approximate surface area is 133 Å². The van der Waals surface area contributed by atoms with Crippen LogP contribution < -0.4 is 10.2 Å². The fourth-order valence-corrected chi connectivity index (χ4v) is 3.27. The molecular formula is C19H25N3. The Hall–Kier alpha value is -2.03. The number of fused-ring (bicyclic) bond motifs is 1. The molecule has 1 aromatic heterocycles. The van der Waals surface area contributed by atoms with Crippen molar-refractivity contribution in [1.29, 1.82) is 0 Å². The third-order valence-corrected chi connectivity index (χ3v) is 4.62. The lowest BCUT2D eigenvalue weighted by atomic mass is 9.82. The number of para-hydroxylation sites is 1. The number of pyridine rings is 1. The molecule has 1 aliphatic heterocycles. The molecule has 2 heterocycles. The molecule has 0 radical (unpaired) electrons. The van der Waals surface area contributed by atoms with Crippen molar-refractivity contribution < 1.29 is 0 Å². The molecule has 0 aliphatic carbocycles. The molecule has 2 aromatic rings. The molecule has 0 fully saturated rings. The molecule has 0 bridgehead atoms. The van der Waals surface area contributed by atoms with E-state index in [0.29, 0.717) is 6.04 Å². The second-order valence-electron chi connectivity index (χ2n) is 6.69. The number of nitrogens with zero attached hydrogens (tertiary/aromatic N) is 2. The SMILES string of the molecule is CCC1(C)CN(c2ncccc2NC(C)C)c2ccccc21. The van der Waals surface area contributed by atoms with Gasteiger partial charge in [0.05, 0.1) is 5.69 Å². The fourth-order valence-electron chi connectivity index (χ4n) is 3.27. The van der Waals surface area contributed by atoms with Crippen LogP contribution in [0, 0.1) is 0 Å². The van der Waals surface area contributed by atoms with Crippen molar-refractivity contribution in [2.75, 3.05) is 16.8 Å². The van der Waals surface area contributed by atoms with Gasteiger partial charge < -0.3 is 10.2 Å². The first-order chi connectivity index (χ1) is 10.5. The van der Waals surface area contributed by atoms with Gasteiger partial charge in [-0.25, -0.2) is 4.98 Å². The van der Waals surface area contributed by atoms with E-state index in [4.69, 9.17) is 0 Å². The maximum absolute atomic E-state index is 4.68. The quantitative estimate of drug-likeness (QED) is 0.884. The van der Waals surface area contributed by atoms with E-state index in [0.717, 1.165) is 24.5 Å². The number of nitrogens with one attached hydrogen (secondary N) is 1. The van der Waals surface area contributed by atoms with Gasteiger partial charge in [0.15, 0.2) is 5.82 Å². The second kappa shape index (κ2) is 5.64. The molecule has 1 unspecified atom stereocenters. The fraction of sp³-hybridized carbons (Fsp3) is 0.421. The topological polar surface area (TPSA) is 28.2 Å². The maximum Gasteiger partial charge on any atom is 0.156 e. The first-order valence-corrected chi connectivity index (χ1v) is 8.14. The molecule has 3 heteroatoms. The monoisotopic (exact) mass is 295 g/mol. The van der Waals surface area contributed by atoms with Gasteiger partial charge in [-0.3, -0.25) is 0 Å². The lowest BCUT2D eigenvalue weighted by molar-refractivity contribution is 0.491. The molecule has 0 saturated heterocycles. The highest BCUT2D eigenvalue weighted by Gasteiger charge is 2.38. The highest BCUT2D eigenvalue weighted by molar-refractivity contribution is 5.78. The molecule has 3 nitrogen and oxygen atoms in total. The average Bonchev–Trinajstić information content (AvgIpc) is 2.82. The third-order valence-electron chi connectivity index (χ3n) is 4.62. The van der Waals surface area contributed by atoms with Crippen molar-refractivity contribution in [2.45, 2.75) is 45.6 Å². The Balaban J connectivity index is 2.08. The predicted molar refractivity (Wildman–Crippen MR) is 94.1 cm³/mol. The van der Waals surface area contributed by atoms with E-state index in [9.17, 15) is 0 Å².